The van der Waals surface area contributed by atoms with Crippen molar-refractivity contribution in [1.82, 2.24) is 0 Å². The number of fused-ring (bicyclic) bond motifs is 3. The molecule has 0 aliphatic heterocycles. The Morgan fingerprint density at radius 1 is 0.650 bits per heavy atom. The lowest BCUT2D eigenvalue weighted by Gasteiger charge is -2.18. The van der Waals surface area contributed by atoms with Crippen LogP contribution in [0.25, 0.3) is 38.4 Å². The minimum absolute atomic E-state index is 1.16. The first-order chi connectivity index (χ1) is 9.93. The second-order valence-electron chi connectivity index (χ2n) is 5.70. The van der Waals surface area contributed by atoms with Gasteiger partial charge in [0.2, 0.25) is 0 Å². The lowest BCUT2D eigenvalue weighted by Crippen LogP contribution is -2.10. The number of hydrogen-bond donors (Lipinski definition) is 0. The summed E-state index contributed by atoms with van der Waals surface area (Å²) in [7, 11) is 0. The Balaban J connectivity index is 2.28. The third-order valence-electron chi connectivity index (χ3n) is 4.68. The maximum atomic E-state index is 2.39. The Hall–Kier alpha value is -2.34. The average molecular weight is 254 g/mol. The van der Waals surface area contributed by atoms with Crippen LogP contribution in [0.1, 0.15) is 12.0 Å². The van der Waals surface area contributed by atoms with E-state index in [2.05, 4.69) is 60.7 Å². The van der Waals surface area contributed by atoms with E-state index in [0.29, 0.717) is 0 Å². The third-order valence-corrected chi connectivity index (χ3v) is 4.68. The molecule has 0 radical (unpaired) electrons. The van der Waals surface area contributed by atoms with Crippen LogP contribution >= 0.6 is 0 Å². The zero-order valence-corrected chi connectivity index (χ0v) is 11.2. The van der Waals surface area contributed by atoms with E-state index in [0.717, 1.165) is 12.8 Å². The van der Waals surface area contributed by atoms with Crippen LogP contribution in [0.15, 0.2) is 54.6 Å². The van der Waals surface area contributed by atoms with Gasteiger partial charge in [-0.25, -0.2) is 0 Å². The lowest BCUT2D eigenvalue weighted by molar-refractivity contribution is 1.05. The summed E-state index contributed by atoms with van der Waals surface area (Å²) < 4.78 is 0. The molecular formula is C20H14. The molecule has 0 spiro atoms. The molecule has 0 N–H and O–H groups in total. The van der Waals surface area contributed by atoms with Gasteiger partial charge in [0.15, 0.2) is 0 Å². The molecule has 0 unspecified atom stereocenters. The van der Waals surface area contributed by atoms with E-state index in [9.17, 15) is 0 Å². The van der Waals surface area contributed by atoms with Crippen molar-refractivity contribution in [1.29, 1.82) is 0 Å². The van der Waals surface area contributed by atoms with Gasteiger partial charge in [-0.05, 0) is 55.9 Å². The number of aryl methyl sites for hydroxylation is 1. The maximum absolute atomic E-state index is 2.39. The second kappa shape index (κ2) is 3.61. The number of rotatable bonds is 0. The van der Waals surface area contributed by atoms with Crippen molar-refractivity contribution in [2.75, 3.05) is 0 Å². The van der Waals surface area contributed by atoms with Gasteiger partial charge in [-0.1, -0.05) is 60.7 Å². The van der Waals surface area contributed by atoms with Crippen LogP contribution < -0.4 is 5.22 Å². The van der Waals surface area contributed by atoms with Gasteiger partial charge in [0.25, 0.3) is 0 Å². The molecule has 1 aliphatic carbocycles. The van der Waals surface area contributed by atoms with Crippen molar-refractivity contribution < 1.29 is 0 Å². The van der Waals surface area contributed by atoms with E-state index < -0.39 is 0 Å². The summed E-state index contributed by atoms with van der Waals surface area (Å²) in [6.07, 6.45) is 4.71. The summed E-state index contributed by atoms with van der Waals surface area (Å²) in [5.41, 5.74) is 1.54. The Kier molecular flexibility index (Phi) is 1.88. The Labute approximate surface area is 117 Å². The highest BCUT2D eigenvalue weighted by Gasteiger charge is 2.15. The first-order valence-electron chi connectivity index (χ1n) is 7.28. The quantitative estimate of drug-likeness (QED) is 0.318. The SMILES string of the molecule is C1=c2ccc3cccc4c5ccccc5c(c2c34)CC1. The lowest BCUT2D eigenvalue weighted by atomic mass is 9.85. The molecule has 20 heavy (non-hydrogen) atoms. The molecule has 0 heterocycles. The van der Waals surface area contributed by atoms with Crippen molar-refractivity contribution in [2.24, 2.45) is 0 Å². The molecule has 5 rings (SSSR count). The van der Waals surface area contributed by atoms with Crippen molar-refractivity contribution in [3.8, 4) is 0 Å². The summed E-state index contributed by atoms with van der Waals surface area (Å²) >= 11 is 0. The van der Waals surface area contributed by atoms with Gasteiger partial charge in [0.1, 0.15) is 0 Å². The Morgan fingerprint density at radius 3 is 2.45 bits per heavy atom. The summed E-state index contributed by atoms with van der Waals surface area (Å²) in [5.74, 6) is 0. The topological polar surface area (TPSA) is 0 Å². The summed E-state index contributed by atoms with van der Waals surface area (Å²) in [4.78, 5) is 0. The zero-order valence-electron chi connectivity index (χ0n) is 11.2. The maximum Gasteiger partial charge on any atom is -0.00237 e. The van der Waals surface area contributed by atoms with Crippen LogP contribution in [0.4, 0.5) is 0 Å². The smallest absolute Gasteiger partial charge is 0.00237 e. The predicted molar refractivity (Wildman–Crippen MR) is 87.0 cm³/mol. The number of hydrogen-bond acceptors (Lipinski definition) is 0. The van der Waals surface area contributed by atoms with Crippen molar-refractivity contribution in [3.63, 3.8) is 0 Å². The predicted octanol–water partition coefficient (Wildman–Crippen LogP) is 4.59. The molecule has 4 aromatic carbocycles. The third kappa shape index (κ3) is 1.17. The van der Waals surface area contributed by atoms with Gasteiger partial charge >= 0.3 is 0 Å². The number of benzene rings is 4. The standard InChI is InChI=1S/C20H14/c1-2-8-16-15(7-1)17-9-3-5-13-11-12-14-6-4-10-18(16)20(14)19(13)17/h1-3,5-9,11-12H,4,10H2. The second-order valence-corrected chi connectivity index (χ2v) is 5.70. The molecule has 0 aromatic heterocycles. The molecule has 0 fully saturated rings. The summed E-state index contributed by atoms with van der Waals surface area (Å²) in [5, 5.41) is 9.96. The van der Waals surface area contributed by atoms with Crippen molar-refractivity contribution >= 4 is 38.4 Å². The molecule has 4 aromatic rings. The van der Waals surface area contributed by atoms with Crippen LogP contribution in [-0.2, 0) is 6.42 Å². The Bertz CT molecular complexity index is 1040. The molecule has 0 heteroatoms. The highest BCUT2D eigenvalue weighted by atomic mass is 14.2. The van der Waals surface area contributed by atoms with Gasteiger partial charge in [0, 0.05) is 0 Å². The van der Waals surface area contributed by atoms with E-state index in [1.54, 1.807) is 5.56 Å². The summed E-state index contributed by atoms with van der Waals surface area (Å²) in [6.45, 7) is 0. The molecule has 0 atom stereocenters. The minimum Gasteiger partial charge on any atom is -0.0763 e. The normalized spacial score (nSPS) is 14.0. The molecule has 0 amide bonds. The molecule has 0 nitrogen and oxygen atoms in total. The molecule has 0 saturated carbocycles. The fourth-order valence-electron chi connectivity index (χ4n) is 3.86. The monoisotopic (exact) mass is 254 g/mol. The van der Waals surface area contributed by atoms with Crippen LogP contribution in [0.3, 0.4) is 0 Å². The van der Waals surface area contributed by atoms with Crippen molar-refractivity contribution in [2.45, 2.75) is 12.8 Å². The van der Waals surface area contributed by atoms with E-state index in [-0.39, 0.29) is 0 Å². The van der Waals surface area contributed by atoms with Crippen LogP contribution in [0.2, 0.25) is 0 Å². The van der Waals surface area contributed by atoms with Crippen molar-refractivity contribution in [3.05, 3.63) is 65.4 Å². The highest BCUT2D eigenvalue weighted by molar-refractivity contribution is 6.23. The van der Waals surface area contributed by atoms with E-state index in [4.69, 9.17) is 0 Å². The highest BCUT2D eigenvalue weighted by Crippen LogP contribution is 2.36. The molecule has 94 valence electrons. The minimum atomic E-state index is 1.16. The first kappa shape index (κ1) is 10.4. The summed E-state index contributed by atoms with van der Waals surface area (Å²) in [6, 6.07) is 20.1. The average Bonchev–Trinajstić information content (AvgIpc) is 2.53. The van der Waals surface area contributed by atoms with E-state index >= 15 is 0 Å². The van der Waals surface area contributed by atoms with Crippen LogP contribution in [0, 0.1) is 0 Å². The van der Waals surface area contributed by atoms with E-state index in [1.165, 1.54) is 37.5 Å². The van der Waals surface area contributed by atoms with Crippen LogP contribution in [-0.4, -0.2) is 0 Å². The first-order valence-corrected chi connectivity index (χ1v) is 7.28. The Morgan fingerprint density at radius 2 is 1.50 bits per heavy atom. The molecule has 0 bridgehead atoms. The molecule has 1 aliphatic rings. The molecular weight excluding hydrogens is 240 g/mol. The van der Waals surface area contributed by atoms with Gasteiger partial charge in [-0.3, -0.25) is 0 Å². The zero-order chi connectivity index (χ0) is 13.1. The van der Waals surface area contributed by atoms with Gasteiger partial charge in [0.05, 0.1) is 0 Å². The fourth-order valence-corrected chi connectivity index (χ4v) is 3.86. The largest absolute Gasteiger partial charge is 0.0763 e. The van der Waals surface area contributed by atoms with Gasteiger partial charge < -0.3 is 0 Å². The molecule has 0 saturated heterocycles. The van der Waals surface area contributed by atoms with Gasteiger partial charge in [-0.15, -0.1) is 0 Å². The van der Waals surface area contributed by atoms with Crippen LogP contribution in [0.5, 0.6) is 0 Å². The van der Waals surface area contributed by atoms with Gasteiger partial charge in [-0.2, -0.15) is 0 Å². The van der Waals surface area contributed by atoms with E-state index in [1.807, 2.05) is 0 Å². The fraction of sp³-hybridized carbons (Fsp3) is 0.100.